The Labute approximate surface area is 120 Å². The van der Waals surface area contributed by atoms with Crippen molar-refractivity contribution in [1.29, 1.82) is 0 Å². The standard InChI is InChI=1S/C15H23N3O2/c1-11(2)15(19)18-8-6-17(7-9-18)12-4-5-13(16)14(10-12)20-3/h4-5,10-11H,6-9,16H2,1-3H3. The van der Waals surface area contributed by atoms with E-state index < -0.39 is 0 Å². The predicted octanol–water partition coefficient (Wildman–Crippen LogP) is 1.58. The molecule has 1 amide bonds. The molecule has 5 heteroatoms. The molecule has 0 aromatic heterocycles. The van der Waals surface area contributed by atoms with Crippen molar-refractivity contribution in [2.75, 3.05) is 43.9 Å². The number of carbonyl (C=O) groups is 1. The molecule has 1 fully saturated rings. The third-order valence-electron chi connectivity index (χ3n) is 3.67. The van der Waals surface area contributed by atoms with Gasteiger partial charge in [-0.3, -0.25) is 4.79 Å². The smallest absolute Gasteiger partial charge is 0.225 e. The van der Waals surface area contributed by atoms with Crippen LogP contribution in [0.5, 0.6) is 5.75 Å². The SMILES string of the molecule is COc1cc(N2CCN(C(=O)C(C)C)CC2)ccc1N. The lowest BCUT2D eigenvalue weighted by molar-refractivity contribution is -0.134. The maximum Gasteiger partial charge on any atom is 0.225 e. The van der Waals surface area contributed by atoms with Crippen molar-refractivity contribution in [3.63, 3.8) is 0 Å². The first kappa shape index (κ1) is 14.5. The topological polar surface area (TPSA) is 58.8 Å². The summed E-state index contributed by atoms with van der Waals surface area (Å²) >= 11 is 0. The van der Waals surface area contributed by atoms with Crippen molar-refractivity contribution in [2.24, 2.45) is 5.92 Å². The van der Waals surface area contributed by atoms with Crippen LogP contribution in [0.25, 0.3) is 0 Å². The molecule has 1 aromatic carbocycles. The highest BCUT2D eigenvalue weighted by molar-refractivity contribution is 5.78. The largest absolute Gasteiger partial charge is 0.495 e. The molecule has 0 spiro atoms. The zero-order valence-electron chi connectivity index (χ0n) is 12.4. The second-order valence-corrected chi connectivity index (χ2v) is 5.39. The Morgan fingerprint density at radius 3 is 2.45 bits per heavy atom. The number of hydrogen-bond donors (Lipinski definition) is 1. The van der Waals surface area contributed by atoms with Gasteiger partial charge < -0.3 is 20.3 Å². The van der Waals surface area contributed by atoms with Crippen LogP contribution in [0.2, 0.25) is 0 Å². The monoisotopic (exact) mass is 277 g/mol. The number of carbonyl (C=O) groups excluding carboxylic acids is 1. The zero-order valence-corrected chi connectivity index (χ0v) is 12.4. The summed E-state index contributed by atoms with van der Waals surface area (Å²) in [4.78, 5) is 16.2. The van der Waals surface area contributed by atoms with Gasteiger partial charge in [-0.25, -0.2) is 0 Å². The van der Waals surface area contributed by atoms with E-state index in [1.165, 1.54) is 0 Å². The van der Waals surface area contributed by atoms with Gasteiger partial charge in [-0.1, -0.05) is 13.8 Å². The van der Waals surface area contributed by atoms with E-state index in [2.05, 4.69) is 4.90 Å². The summed E-state index contributed by atoms with van der Waals surface area (Å²) in [6.45, 7) is 7.10. The Morgan fingerprint density at radius 1 is 1.25 bits per heavy atom. The first-order valence-electron chi connectivity index (χ1n) is 7.00. The van der Waals surface area contributed by atoms with Crippen molar-refractivity contribution >= 4 is 17.3 Å². The molecule has 2 rings (SSSR count). The van der Waals surface area contributed by atoms with Crippen LogP contribution in [0.4, 0.5) is 11.4 Å². The van der Waals surface area contributed by atoms with E-state index in [-0.39, 0.29) is 11.8 Å². The molecule has 1 heterocycles. The molecule has 0 saturated carbocycles. The van der Waals surface area contributed by atoms with Crippen molar-refractivity contribution < 1.29 is 9.53 Å². The lowest BCUT2D eigenvalue weighted by atomic mass is 10.1. The minimum absolute atomic E-state index is 0.0677. The fourth-order valence-electron chi connectivity index (χ4n) is 2.45. The molecule has 0 atom stereocenters. The number of benzene rings is 1. The Morgan fingerprint density at radius 2 is 1.90 bits per heavy atom. The lowest BCUT2D eigenvalue weighted by Crippen LogP contribution is -2.49. The molecule has 5 nitrogen and oxygen atoms in total. The van der Waals surface area contributed by atoms with Gasteiger partial charge in [0, 0.05) is 43.9 Å². The van der Waals surface area contributed by atoms with E-state index in [0.29, 0.717) is 11.4 Å². The fraction of sp³-hybridized carbons (Fsp3) is 0.533. The minimum Gasteiger partial charge on any atom is -0.495 e. The van der Waals surface area contributed by atoms with Crippen LogP contribution < -0.4 is 15.4 Å². The molecule has 0 bridgehead atoms. The van der Waals surface area contributed by atoms with Crippen LogP contribution in [0, 0.1) is 5.92 Å². The van der Waals surface area contributed by atoms with Crippen LogP contribution in [0.3, 0.4) is 0 Å². The van der Waals surface area contributed by atoms with Crippen LogP contribution in [0.1, 0.15) is 13.8 Å². The number of hydrogen-bond acceptors (Lipinski definition) is 4. The van der Waals surface area contributed by atoms with Gasteiger partial charge >= 0.3 is 0 Å². The summed E-state index contributed by atoms with van der Waals surface area (Å²) in [7, 11) is 1.62. The van der Waals surface area contributed by atoms with Crippen LogP contribution >= 0.6 is 0 Å². The average Bonchev–Trinajstić information content (AvgIpc) is 2.47. The quantitative estimate of drug-likeness (QED) is 0.852. The first-order valence-corrected chi connectivity index (χ1v) is 7.00. The Bertz CT molecular complexity index is 480. The van der Waals surface area contributed by atoms with Gasteiger partial charge in [0.25, 0.3) is 0 Å². The number of anilines is 2. The normalized spacial score (nSPS) is 15.6. The molecule has 1 aliphatic rings. The maximum absolute atomic E-state index is 12.0. The molecule has 1 aromatic rings. The average molecular weight is 277 g/mol. The van der Waals surface area contributed by atoms with Gasteiger partial charge in [-0.15, -0.1) is 0 Å². The summed E-state index contributed by atoms with van der Waals surface area (Å²) in [5.74, 6) is 1.00. The van der Waals surface area contributed by atoms with Crippen LogP contribution in [-0.4, -0.2) is 44.1 Å². The van der Waals surface area contributed by atoms with Crippen molar-refractivity contribution in [2.45, 2.75) is 13.8 Å². The summed E-state index contributed by atoms with van der Waals surface area (Å²) in [6.07, 6.45) is 0. The van der Waals surface area contributed by atoms with Gasteiger partial charge in [-0.05, 0) is 12.1 Å². The van der Waals surface area contributed by atoms with Gasteiger partial charge in [-0.2, -0.15) is 0 Å². The van der Waals surface area contributed by atoms with Gasteiger partial charge in [0.15, 0.2) is 0 Å². The fourth-order valence-corrected chi connectivity index (χ4v) is 2.45. The molecule has 1 saturated heterocycles. The highest BCUT2D eigenvalue weighted by Gasteiger charge is 2.23. The number of rotatable bonds is 3. The number of nitrogens with zero attached hydrogens (tertiary/aromatic N) is 2. The van der Waals surface area contributed by atoms with E-state index in [1.807, 2.05) is 36.9 Å². The van der Waals surface area contributed by atoms with Crippen molar-refractivity contribution in [3.8, 4) is 5.75 Å². The summed E-state index contributed by atoms with van der Waals surface area (Å²) in [6, 6.07) is 5.81. The third-order valence-corrected chi connectivity index (χ3v) is 3.67. The first-order chi connectivity index (χ1) is 9.52. The molecule has 1 aliphatic heterocycles. The highest BCUT2D eigenvalue weighted by Crippen LogP contribution is 2.28. The number of methoxy groups -OCH3 is 1. The second-order valence-electron chi connectivity index (χ2n) is 5.39. The Balaban J connectivity index is 2.02. The van der Waals surface area contributed by atoms with E-state index in [4.69, 9.17) is 10.5 Å². The molecule has 0 unspecified atom stereocenters. The lowest BCUT2D eigenvalue weighted by Gasteiger charge is -2.37. The Kier molecular flexibility index (Phi) is 4.37. The summed E-state index contributed by atoms with van der Waals surface area (Å²) in [5.41, 5.74) is 7.56. The van der Waals surface area contributed by atoms with Gasteiger partial charge in [0.1, 0.15) is 5.75 Å². The van der Waals surface area contributed by atoms with E-state index in [1.54, 1.807) is 7.11 Å². The predicted molar refractivity (Wildman–Crippen MR) is 81.0 cm³/mol. The molecule has 20 heavy (non-hydrogen) atoms. The Hall–Kier alpha value is -1.91. The summed E-state index contributed by atoms with van der Waals surface area (Å²) < 4.78 is 5.25. The molecule has 2 N–H and O–H groups in total. The summed E-state index contributed by atoms with van der Waals surface area (Å²) in [5, 5.41) is 0. The van der Waals surface area contributed by atoms with Crippen molar-refractivity contribution in [3.05, 3.63) is 18.2 Å². The molecule has 110 valence electrons. The molecular weight excluding hydrogens is 254 g/mol. The van der Waals surface area contributed by atoms with Crippen molar-refractivity contribution in [1.82, 2.24) is 4.90 Å². The molecule has 0 radical (unpaired) electrons. The number of ether oxygens (including phenoxy) is 1. The second kappa shape index (κ2) is 6.03. The number of nitrogen functional groups attached to an aromatic ring is 1. The number of amides is 1. The van der Waals surface area contributed by atoms with Crippen LogP contribution in [-0.2, 0) is 4.79 Å². The minimum atomic E-state index is 0.0677. The van der Waals surface area contributed by atoms with E-state index >= 15 is 0 Å². The van der Waals surface area contributed by atoms with Gasteiger partial charge in [0.2, 0.25) is 5.91 Å². The van der Waals surface area contributed by atoms with Crippen LogP contribution in [0.15, 0.2) is 18.2 Å². The molecular formula is C15H23N3O2. The van der Waals surface area contributed by atoms with E-state index in [9.17, 15) is 4.79 Å². The number of piperazine rings is 1. The maximum atomic E-state index is 12.0. The third kappa shape index (κ3) is 2.98. The molecule has 0 aliphatic carbocycles. The van der Waals surface area contributed by atoms with Gasteiger partial charge in [0.05, 0.1) is 12.8 Å². The highest BCUT2D eigenvalue weighted by atomic mass is 16.5. The number of nitrogens with two attached hydrogens (primary N) is 1. The zero-order chi connectivity index (χ0) is 14.7. The van der Waals surface area contributed by atoms with E-state index in [0.717, 1.165) is 31.9 Å².